The van der Waals surface area contributed by atoms with Crippen molar-refractivity contribution in [3.05, 3.63) is 72.6 Å². The van der Waals surface area contributed by atoms with E-state index in [2.05, 4.69) is 10.00 Å². The maximum Gasteiger partial charge on any atom is 0.161 e. The minimum atomic E-state index is -0.857. The van der Waals surface area contributed by atoms with E-state index in [1.807, 2.05) is 65.5 Å². The number of hydrogen-bond acceptors (Lipinski definition) is 6. The summed E-state index contributed by atoms with van der Waals surface area (Å²) in [4.78, 5) is 2.27. The standard InChI is InChI=1S/C25H31N3O4/c1-30-23-10-9-21(17-24(23)31-16-15-28-14-6-12-26-28)18-27-13-5-11-25(29,19-27)20-32-22-7-3-2-4-8-22/h2-4,6-10,12,14,17,29H,5,11,13,15-16,18-20H2,1H3. The van der Waals surface area contributed by atoms with Gasteiger partial charge in [-0.3, -0.25) is 9.58 Å². The highest BCUT2D eigenvalue weighted by molar-refractivity contribution is 5.43. The summed E-state index contributed by atoms with van der Waals surface area (Å²) in [7, 11) is 1.65. The van der Waals surface area contributed by atoms with E-state index in [-0.39, 0.29) is 6.61 Å². The Hall–Kier alpha value is -3.03. The van der Waals surface area contributed by atoms with Gasteiger partial charge in [-0.1, -0.05) is 24.3 Å². The molecule has 170 valence electrons. The Kier molecular flexibility index (Phi) is 7.29. The maximum atomic E-state index is 11.1. The molecule has 0 radical (unpaired) electrons. The highest BCUT2D eigenvalue weighted by Crippen LogP contribution is 2.30. The average molecular weight is 438 g/mol. The van der Waals surface area contributed by atoms with Gasteiger partial charge in [0, 0.05) is 25.5 Å². The Labute approximate surface area is 189 Å². The van der Waals surface area contributed by atoms with Gasteiger partial charge in [0.25, 0.3) is 0 Å². The van der Waals surface area contributed by atoms with Crippen molar-refractivity contribution in [3.63, 3.8) is 0 Å². The van der Waals surface area contributed by atoms with Crippen LogP contribution < -0.4 is 14.2 Å². The smallest absolute Gasteiger partial charge is 0.161 e. The lowest BCUT2D eigenvalue weighted by molar-refractivity contribution is -0.0621. The number of aliphatic hydroxyl groups is 1. The number of likely N-dealkylation sites (tertiary alicyclic amines) is 1. The summed E-state index contributed by atoms with van der Waals surface area (Å²) in [5.74, 6) is 2.21. The molecule has 0 aliphatic carbocycles. The lowest BCUT2D eigenvalue weighted by Crippen LogP contribution is -2.51. The van der Waals surface area contributed by atoms with Crippen LogP contribution >= 0.6 is 0 Å². The molecular weight excluding hydrogens is 406 g/mol. The molecule has 0 amide bonds. The number of aromatic nitrogens is 2. The van der Waals surface area contributed by atoms with Crippen LogP contribution in [0, 0.1) is 0 Å². The first-order chi connectivity index (χ1) is 15.6. The first kappa shape index (κ1) is 22.2. The third-order valence-corrected chi connectivity index (χ3v) is 5.66. The fourth-order valence-corrected chi connectivity index (χ4v) is 4.07. The Morgan fingerprint density at radius 3 is 2.72 bits per heavy atom. The largest absolute Gasteiger partial charge is 0.493 e. The number of para-hydroxylation sites is 1. The first-order valence-corrected chi connectivity index (χ1v) is 11.0. The van der Waals surface area contributed by atoms with E-state index in [9.17, 15) is 5.11 Å². The van der Waals surface area contributed by atoms with Gasteiger partial charge in [-0.2, -0.15) is 5.10 Å². The molecule has 0 bridgehead atoms. The summed E-state index contributed by atoms with van der Waals surface area (Å²) >= 11 is 0. The number of piperidine rings is 1. The van der Waals surface area contributed by atoms with Gasteiger partial charge in [0.05, 0.1) is 13.7 Å². The van der Waals surface area contributed by atoms with Crippen molar-refractivity contribution in [1.29, 1.82) is 0 Å². The molecule has 3 aromatic rings. The monoisotopic (exact) mass is 437 g/mol. The summed E-state index contributed by atoms with van der Waals surface area (Å²) in [5, 5.41) is 15.3. The van der Waals surface area contributed by atoms with Crippen LogP contribution in [0.1, 0.15) is 18.4 Å². The van der Waals surface area contributed by atoms with Crippen LogP contribution in [0.4, 0.5) is 0 Å². The lowest BCUT2D eigenvalue weighted by atomic mass is 9.93. The fraction of sp³-hybridized carbons (Fsp3) is 0.400. The van der Waals surface area contributed by atoms with Crippen molar-refractivity contribution >= 4 is 0 Å². The zero-order chi connectivity index (χ0) is 22.2. The lowest BCUT2D eigenvalue weighted by Gasteiger charge is -2.39. The van der Waals surface area contributed by atoms with Crippen molar-refractivity contribution in [1.82, 2.24) is 14.7 Å². The fourth-order valence-electron chi connectivity index (χ4n) is 4.07. The van der Waals surface area contributed by atoms with Crippen LogP contribution in [-0.2, 0) is 13.1 Å². The van der Waals surface area contributed by atoms with Gasteiger partial charge in [0.1, 0.15) is 24.6 Å². The second-order valence-corrected chi connectivity index (χ2v) is 8.24. The first-order valence-electron chi connectivity index (χ1n) is 11.0. The van der Waals surface area contributed by atoms with E-state index in [0.717, 1.165) is 43.0 Å². The van der Waals surface area contributed by atoms with E-state index in [0.29, 0.717) is 25.4 Å². The van der Waals surface area contributed by atoms with Crippen LogP contribution in [0.15, 0.2) is 67.0 Å². The van der Waals surface area contributed by atoms with Crippen molar-refractivity contribution in [2.24, 2.45) is 0 Å². The number of ether oxygens (including phenoxy) is 3. The topological polar surface area (TPSA) is 69.0 Å². The molecule has 1 fully saturated rings. The van der Waals surface area contributed by atoms with E-state index in [4.69, 9.17) is 14.2 Å². The molecular formula is C25H31N3O4. The summed E-state index contributed by atoms with van der Waals surface area (Å²) in [6.45, 7) is 3.70. The van der Waals surface area contributed by atoms with Crippen LogP contribution in [0.3, 0.4) is 0 Å². The van der Waals surface area contributed by atoms with Crippen molar-refractivity contribution in [3.8, 4) is 17.2 Å². The van der Waals surface area contributed by atoms with Gasteiger partial charge >= 0.3 is 0 Å². The van der Waals surface area contributed by atoms with Crippen LogP contribution in [0.5, 0.6) is 17.2 Å². The highest BCUT2D eigenvalue weighted by Gasteiger charge is 2.34. The number of rotatable bonds is 10. The van der Waals surface area contributed by atoms with Crippen LogP contribution in [0.2, 0.25) is 0 Å². The predicted octanol–water partition coefficient (Wildman–Crippen LogP) is 3.38. The SMILES string of the molecule is COc1ccc(CN2CCCC(O)(COc3ccccc3)C2)cc1OCCn1cccn1. The summed E-state index contributed by atoms with van der Waals surface area (Å²) < 4.78 is 19.1. The van der Waals surface area contributed by atoms with E-state index in [1.165, 1.54) is 0 Å². The molecule has 2 heterocycles. The molecule has 1 atom stereocenters. The predicted molar refractivity (Wildman–Crippen MR) is 122 cm³/mol. The quantitative estimate of drug-likeness (QED) is 0.525. The van der Waals surface area contributed by atoms with E-state index < -0.39 is 5.60 Å². The van der Waals surface area contributed by atoms with Gasteiger partial charge < -0.3 is 19.3 Å². The number of benzene rings is 2. The Bertz CT molecular complexity index is 965. The molecule has 0 spiro atoms. The average Bonchev–Trinajstić information content (AvgIpc) is 3.32. The molecule has 1 N–H and O–H groups in total. The summed E-state index contributed by atoms with van der Waals surface area (Å²) in [6, 6.07) is 17.6. The molecule has 1 unspecified atom stereocenters. The van der Waals surface area contributed by atoms with Gasteiger partial charge in [-0.05, 0) is 55.3 Å². The minimum absolute atomic E-state index is 0.290. The molecule has 1 aliphatic rings. The number of hydrogen-bond donors (Lipinski definition) is 1. The maximum absolute atomic E-state index is 11.1. The molecule has 4 rings (SSSR count). The molecule has 1 aromatic heterocycles. The second kappa shape index (κ2) is 10.5. The van der Waals surface area contributed by atoms with Crippen LogP contribution in [0.25, 0.3) is 0 Å². The summed E-state index contributed by atoms with van der Waals surface area (Å²) in [6.07, 6.45) is 5.33. The van der Waals surface area contributed by atoms with Gasteiger partial charge in [0.15, 0.2) is 11.5 Å². The van der Waals surface area contributed by atoms with Crippen LogP contribution in [-0.4, -0.2) is 58.8 Å². The van der Waals surface area contributed by atoms with E-state index in [1.54, 1.807) is 13.3 Å². The minimum Gasteiger partial charge on any atom is -0.493 e. The number of nitrogens with zero attached hydrogens (tertiary/aromatic N) is 3. The summed E-state index contributed by atoms with van der Waals surface area (Å²) in [5.41, 5.74) is 0.261. The van der Waals surface area contributed by atoms with Gasteiger partial charge in [0.2, 0.25) is 0 Å². The second-order valence-electron chi connectivity index (χ2n) is 8.24. The molecule has 7 heteroatoms. The van der Waals surface area contributed by atoms with Gasteiger partial charge in [-0.25, -0.2) is 0 Å². The van der Waals surface area contributed by atoms with E-state index >= 15 is 0 Å². The zero-order valence-electron chi connectivity index (χ0n) is 18.5. The molecule has 2 aromatic carbocycles. The molecule has 7 nitrogen and oxygen atoms in total. The highest BCUT2D eigenvalue weighted by atomic mass is 16.5. The Morgan fingerprint density at radius 2 is 1.94 bits per heavy atom. The normalized spacial score (nSPS) is 18.9. The third-order valence-electron chi connectivity index (χ3n) is 5.66. The number of methoxy groups -OCH3 is 1. The van der Waals surface area contributed by atoms with Crippen molar-refractivity contribution in [2.75, 3.05) is 33.4 Å². The number of β-amino-alcohol motifs (C(OH)–C–C–N with tert-alkyl or cyclic N) is 1. The molecule has 32 heavy (non-hydrogen) atoms. The molecule has 1 aliphatic heterocycles. The zero-order valence-corrected chi connectivity index (χ0v) is 18.5. The molecule has 0 saturated carbocycles. The third kappa shape index (κ3) is 6.02. The van der Waals surface area contributed by atoms with Gasteiger partial charge in [-0.15, -0.1) is 0 Å². The van der Waals surface area contributed by atoms with Crippen molar-refractivity contribution < 1.29 is 19.3 Å². The Morgan fingerprint density at radius 1 is 1.06 bits per heavy atom. The molecule has 1 saturated heterocycles. The van der Waals surface area contributed by atoms with Crippen molar-refractivity contribution in [2.45, 2.75) is 31.5 Å². The Balaban J connectivity index is 1.34.